The van der Waals surface area contributed by atoms with Crippen molar-refractivity contribution < 1.29 is 0 Å². The second-order valence-corrected chi connectivity index (χ2v) is 8.24. The van der Waals surface area contributed by atoms with Gasteiger partial charge < -0.3 is 0 Å². The van der Waals surface area contributed by atoms with Crippen LogP contribution in [0.15, 0.2) is 76.9 Å². The lowest BCUT2D eigenvalue weighted by molar-refractivity contribution is 0.648. The van der Waals surface area contributed by atoms with Gasteiger partial charge in [0.15, 0.2) is 0 Å². The largest absolute Gasteiger partial charge is 0.0676 e. The molecular weight excluding hydrogens is 324 g/mol. The van der Waals surface area contributed by atoms with E-state index in [1.54, 1.807) is 11.1 Å². The Morgan fingerprint density at radius 2 is 1.52 bits per heavy atom. The summed E-state index contributed by atoms with van der Waals surface area (Å²) in [5, 5.41) is 0. The number of rotatable bonds is 4. The number of hydrogen-bond donors (Lipinski definition) is 0. The number of hydrogen-bond acceptors (Lipinski definition) is 0. The van der Waals surface area contributed by atoms with Crippen LogP contribution >= 0.6 is 0 Å². The fourth-order valence-electron chi connectivity index (χ4n) is 5.02. The highest BCUT2D eigenvalue weighted by Crippen LogP contribution is 2.51. The first-order chi connectivity index (χ1) is 13.0. The molecule has 1 atom stereocenters. The maximum Gasteiger partial charge on any atom is 0.0137 e. The van der Waals surface area contributed by atoms with Gasteiger partial charge in [0.25, 0.3) is 0 Å². The molecule has 0 amide bonds. The van der Waals surface area contributed by atoms with Gasteiger partial charge in [0, 0.05) is 11.8 Å². The number of allylic oxidation sites excluding steroid dienone is 5. The molecule has 27 heavy (non-hydrogen) atoms. The van der Waals surface area contributed by atoms with E-state index in [-0.39, 0.29) is 0 Å². The third kappa shape index (κ3) is 2.92. The van der Waals surface area contributed by atoms with Gasteiger partial charge in [0.1, 0.15) is 0 Å². The van der Waals surface area contributed by atoms with Gasteiger partial charge in [-0.15, -0.1) is 0 Å². The van der Waals surface area contributed by atoms with Crippen LogP contribution in [0, 0.1) is 5.92 Å². The summed E-state index contributed by atoms with van der Waals surface area (Å²) in [6.45, 7) is 11.5. The van der Waals surface area contributed by atoms with Crippen LogP contribution in [-0.2, 0) is 6.42 Å². The molecule has 0 radical (unpaired) electrons. The molecule has 0 bridgehead atoms. The highest BCUT2D eigenvalue weighted by Gasteiger charge is 2.35. The van der Waals surface area contributed by atoms with Crippen LogP contribution in [0.4, 0.5) is 0 Å². The van der Waals surface area contributed by atoms with Gasteiger partial charge in [-0.3, -0.25) is 0 Å². The predicted octanol–water partition coefficient (Wildman–Crippen LogP) is 7.47. The van der Waals surface area contributed by atoms with Crippen molar-refractivity contribution in [3.05, 3.63) is 99.2 Å². The van der Waals surface area contributed by atoms with Gasteiger partial charge in [-0.2, -0.15) is 0 Å². The van der Waals surface area contributed by atoms with E-state index in [4.69, 9.17) is 0 Å². The second-order valence-electron chi connectivity index (χ2n) is 8.24. The maximum atomic E-state index is 2.54. The van der Waals surface area contributed by atoms with Crippen molar-refractivity contribution in [2.75, 3.05) is 0 Å². The first-order valence-electron chi connectivity index (χ1n) is 10.3. The fraction of sp³-hybridized carbons (Fsp3) is 0.333. The van der Waals surface area contributed by atoms with Crippen molar-refractivity contribution in [1.29, 1.82) is 0 Å². The van der Waals surface area contributed by atoms with Gasteiger partial charge >= 0.3 is 0 Å². The molecule has 4 rings (SSSR count). The third-order valence-electron chi connectivity index (χ3n) is 6.77. The lowest BCUT2D eigenvalue weighted by Gasteiger charge is -2.23. The second kappa shape index (κ2) is 7.00. The highest BCUT2D eigenvalue weighted by molar-refractivity contribution is 5.86. The number of aryl methyl sites for hydroxylation is 1. The van der Waals surface area contributed by atoms with Crippen LogP contribution in [0.5, 0.6) is 0 Å². The van der Waals surface area contributed by atoms with E-state index >= 15 is 0 Å². The van der Waals surface area contributed by atoms with Gasteiger partial charge in [-0.05, 0) is 73.1 Å². The summed E-state index contributed by atoms with van der Waals surface area (Å²) in [6, 6.07) is 18.2. The Bertz CT molecular complexity index is 957. The highest BCUT2D eigenvalue weighted by atomic mass is 14.4. The first kappa shape index (κ1) is 18.0. The van der Waals surface area contributed by atoms with Crippen molar-refractivity contribution in [3.8, 4) is 0 Å². The summed E-state index contributed by atoms with van der Waals surface area (Å²) in [5.74, 6) is 0.945. The zero-order chi connectivity index (χ0) is 19.1. The minimum Gasteiger partial charge on any atom is -0.0676 e. The first-order valence-corrected chi connectivity index (χ1v) is 10.3. The molecule has 0 aromatic heterocycles. The number of fused-ring (bicyclic) bond motifs is 1. The SMILES string of the molecule is CCCc1cccc(C2=CC(C3C(C)=C(C)C(C)=C3C)c3ccccc32)c1. The molecule has 2 aromatic rings. The molecule has 0 saturated carbocycles. The van der Waals surface area contributed by atoms with Crippen LogP contribution in [0.25, 0.3) is 5.57 Å². The van der Waals surface area contributed by atoms with E-state index in [2.05, 4.69) is 89.2 Å². The van der Waals surface area contributed by atoms with Gasteiger partial charge in [0.2, 0.25) is 0 Å². The Morgan fingerprint density at radius 1 is 0.815 bits per heavy atom. The molecular formula is C27H30. The quantitative estimate of drug-likeness (QED) is 0.534. The monoisotopic (exact) mass is 354 g/mol. The van der Waals surface area contributed by atoms with E-state index in [9.17, 15) is 0 Å². The zero-order valence-electron chi connectivity index (χ0n) is 17.3. The molecule has 2 aliphatic carbocycles. The molecule has 0 heteroatoms. The van der Waals surface area contributed by atoms with Crippen LogP contribution in [0.1, 0.15) is 69.2 Å². The fourth-order valence-corrected chi connectivity index (χ4v) is 5.02. The molecule has 0 nitrogen and oxygen atoms in total. The Labute approximate surface area is 164 Å². The summed E-state index contributed by atoms with van der Waals surface area (Å²) in [4.78, 5) is 0. The van der Waals surface area contributed by atoms with Crippen molar-refractivity contribution in [2.24, 2.45) is 5.92 Å². The normalized spacial score (nSPS) is 19.7. The smallest absolute Gasteiger partial charge is 0.0137 e. The Hall–Kier alpha value is -2.34. The van der Waals surface area contributed by atoms with Crippen molar-refractivity contribution in [3.63, 3.8) is 0 Å². The number of benzene rings is 2. The molecule has 0 spiro atoms. The third-order valence-corrected chi connectivity index (χ3v) is 6.77. The standard InChI is InChI=1S/C27H30/c1-6-10-21-11-9-12-22(15-21)25-16-26(24-14-8-7-13-23(24)25)27-19(4)17(2)18(3)20(27)5/h7-9,11-16,26-27H,6,10H2,1-5H3. The lowest BCUT2D eigenvalue weighted by Crippen LogP contribution is -2.11. The minimum atomic E-state index is 0.443. The summed E-state index contributed by atoms with van der Waals surface area (Å²) in [7, 11) is 0. The van der Waals surface area contributed by atoms with E-state index in [0.717, 1.165) is 6.42 Å². The Morgan fingerprint density at radius 3 is 2.22 bits per heavy atom. The molecule has 2 aromatic carbocycles. The minimum absolute atomic E-state index is 0.443. The molecule has 0 fully saturated rings. The van der Waals surface area contributed by atoms with Crippen LogP contribution in [0.2, 0.25) is 0 Å². The molecule has 0 saturated heterocycles. The summed E-state index contributed by atoms with van der Waals surface area (Å²) in [6.07, 6.45) is 4.88. The molecule has 138 valence electrons. The van der Waals surface area contributed by atoms with Gasteiger partial charge in [0.05, 0.1) is 0 Å². The summed E-state index contributed by atoms with van der Waals surface area (Å²) in [5.41, 5.74) is 13.2. The Balaban J connectivity index is 1.83. The molecule has 0 aliphatic heterocycles. The summed E-state index contributed by atoms with van der Waals surface area (Å²) < 4.78 is 0. The van der Waals surface area contributed by atoms with Crippen LogP contribution in [0.3, 0.4) is 0 Å². The van der Waals surface area contributed by atoms with E-state index in [1.807, 2.05) is 0 Å². The summed E-state index contributed by atoms with van der Waals surface area (Å²) >= 11 is 0. The Kier molecular flexibility index (Phi) is 4.68. The average Bonchev–Trinajstić information content (AvgIpc) is 3.14. The average molecular weight is 355 g/mol. The van der Waals surface area contributed by atoms with Crippen molar-refractivity contribution in [2.45, 2.75) is 53.4 Å². The van der Waals surface area contributed by atoms with Crippen LogP contribution in [-0.4, -0.2) is 0 Å². The van der Waals surface area contributed by atoms with Crippen molar-refractivity contribution >= 4 is 5.57 Å². The molecule has 1 unspecified atom stereocenters. The van der Waals surface area contributed by atoms with Gasteiger partial charge in [-0.1, -0.05) is 79.1 Å². The van der Waals surface area contributed by atoms with E-state index in [0.29, 0.717) is 11.8 Å². The maximum absolute atomic E-state index is 2.54. The van der Waals surface area contributed by atoms with Gasteiger partial charge in [-0.25, -0.2) is 0 Å². The topological polar surface area (TPSA) is 0 Å². The zero-order valence-corrected chi connectivity index (χ0v) is 17.3. The van der Waals surface area contributed by atoms with Crippen LogP contribution < -0.4 is 0 Å². The molecule has 0 heterocycles. The lowest BCUT2D eigenvalue weighted by atomic mass is 9.81. The van der Waals surface area contributed by atoms with Crippen molar-refractivity contribution in [1.82, 2.24) is 0 Å². The molecule has 2 aliphatic rings. The molecule has 0 N–H and O–H groups in total. The predicted molar refractivity (Wildman–Crippen MR) is 117 cm³/mol. The van der Waals surface area contributed by atoms with E-state index in [1.165, 1.54) is 45.4 Å². The van der Waals surface area contributed by atoms with E-state index < -0.39 is 0 Å².